The van der Waals surface area contributed by atoms with Crippen molar-refractivity contribution in [2.24, 2.45) is 0 Å². The molecule has 0 aliphatic heterocycles. The lowest BCUT2D eigenvalue weighted by atomic mass is 10.3. The van der Waals surface area contributed by atoms with Gasteiger partial charge in [0.05, 0.1) is 6.20 Å². The summed E-state index contributed by atoms with van der Waals surface area (Å²) in [6.45, 7) is 0.319. The van der Waals surface area contributed by atoms with Crippen molar-refractivity contribution in [1.29, 1.82) is 0 Å². The van der Waals surface area contributed by atoms with Crippen LogP contribution in [0.1, 0.15) is 5.56 Å². The molecule has 14 heavy (non-hydrogen) atoms. The Bertz CT molecular complexity index is 343. The summed E-state index contributed by atoms with van der Waals surface area (Å²) in [6, 6.07) is 0. The molecule has 1 amide bonds. The number of aliphatic carboxylic acids is 1. The zero-order valence-electron chi connectivity index (χ0n) is 7.23. The molecule has 0 aromatic carbocycles. The van der Waals surface area contributed by atoms with Crippen molar-refractivity contribution in [3.8, 4) is 0 Å². The van der Waals surface area contributed by atoms with Crippen molar-refractivity contribution in [1.82, 2.24) is 15.5 Å². The standard InChI is InChI=1S/C8H9N3O3/c12-7(1-2-8(13)14)9-3-6-4-10-11-5-6/h1-2,4-5H,3H2,(H,9,12)(H,10,11)(H,13,14)/b2-1+. The topological polar surface area (TPSA) is 95.1 Å². The average molecular weight is 195 g/mol. The van der Waals surface area contributed by atoms with E-state index in [1.807, 2.05) is 0 Å². The molecule has 1 aromatic heterocycles. The lowest BCUT2D eigenvalue weighted by Crippen LogP contribution is -2.20. The van der Waals surface area contributed by atoms with Gasteiger partial charge in [0.1, 0.15) is 0 Å². The fourth-order valence-electron chi connectivity index (χ4n) is 0.769. The quantitative estimate of drug-likeness (QED) is 0.573. The molecular formula is C8H9N3O3. The highest BCUT2D eigenvalue weighted by atomic mass is 16.4. The van der Waals surface area contributed by atoms with Crippen molar-refractivity contribution in [2.45, 2.75) is 6.54 Å². The Morgan fingerprint density at radius 3 is 2.93 bits per heavy atom. The van der Waals surface area contributed by atoms with Crippen molar-refractivity contribution in [2.75, 3.05) is 0 Å². The van der Waals surface area contributed by atoms with Gasteiger partial charge < -0.3 is 10.4 Å². The molecule has 0 bridgehead atoms. The highest BCUT2D eigenvalue weighted by Crippen LogP contribution is 1.91. The van der Waals surface area contributed by atoms with Crippen LogP contribution in [-0.4, -0.2) is 27.2 Å². The zero-order chi connectivity index (χ0) is 10.4. The Morgan fingerprint density at radius 2 is 2.36 bits per heavy atom. The van der Waals surface area contributed by atoms with Gasteiger partial charge in [-0.1, -0.05) is 0 Å². The van der Waals surface area contributed by atoms with Gasteiger partial charge in [0, 0.05) is 30.5 Å². The summed E-state index contributed by atoms with van der Waals surface area (Å²) in [5.41, 5.74) is 0.821. The predicted molar refractivity (Wildman–Crippen MR) is 47.2 cm³/mol. The Morgan fingerprint density at radius 1 is 1.57 bits per heavy atom. The van der Waals surface area contributed by atoms with Gasteiger partial charge in [-0.3, -0.25) is 9.89 Å². The number of carboxylic acid groups (broad SMARTS) is 1. The maximum absolute atomic E-state index is 11.0. The summed E-state index contributed by atoms with van der Waals surface area (Å²) < 4.78 is 0. The number of carboxylic acids is 1. The minimum atomic E-state index is -1.15. The van der Waals surface area contributed by atoms with Crippen LogP contribution in [0.15, 0.2) is 24.5 Å². The van der Waals surface area contributed by atoms with Crippen molar-refractivity contribution < 1.29 is 14.7 Å². The third-order valence-electron chi connectivity index (χ3n) is 1.40. The van der Waals surface area contributed by atoms with Crippen molar-refractivity contribution in [3.63, 3.8) is 0 Å². The molecular weight excluding hydrogens is 186 g/mol. The number of nitrogens with zero attached hydrogens (tertiary/aromatic N) is 1. The smallest absolute Gasteiger partial charge is 0.328 e. The minimum Gasteiger partial charge on any atom is -0.478 e. The number of aromatic nitrogens is 2. The number of hydrogen-bond donors (Lipinski definition) is 3. The second-order valence-corrected chi connectivity index (χ2v) is 2.50. The molecule has 0 unspecified atom stereocenters. The minimum absolute atomic E-state index is 0.319. The molecule has 1 rings (SSSR count). The van der Waals surface area contributed by atoms with Crippen LogP contribution in [0.25, 0.3) is 0 Å². The molecule has 0 atom stereocenters. The molecule has 74 valence electrons. The number of carbonyl (C=O) groups is 2. The van der Waals surface area contributed by atoms with Crippen LogP contribution in [0.3, 0.4) is 0 Å². The highest BCUT2D eigenvalue weighted by Gasteiger charge is 1.97. The van der Waals surface area contributed by atoms with Crippen LogP contribution < -0.4 is 5.32 Å². The third kappa shape index (κ3) is 3.53. The van der Waals surface area contributed by atoms with Gasteiger partial charge >= 0.3 is 5.97 Å². The largest absolute Gasteiger partial charge is 0.478 e. The van der Waals surface area contributed by atoms with E-state index in [9.17, 15) is 9.59 Å². The lowest BCUT2D eigenvalue weighted by Gasteiger charge is -1.97. The summed E-state index contributed by atoms with van der Waals surface area (Å²) in [4.78, 5) is 21.0. The molecule has 6 heteroatoms. The Balaban J connectivity index is 2.32. The van der Waals surface area contributed by atoms with Gasteiger partial charge in [0.15, 0.2) is 0 Å². The first-order valence-corrected chi connectivity index (χ1v) is 3.85. The van der Waals surface area contributed by atoms with Gasteiger partial charge in [-0.05, 0) is 0 Å². The fraction of sp³-hybridized carbons (Fsp3) is 0.125. The van der Waals surface area contributed by atoms with Gasteiger partial charge in [-0.25, -0.2) is 4.79 Å². The molecule has 0 aliphatic carbocycles. The first kappa shape index (κ1) is 9.97. The van der Waals surface area contributed by atoms with Gasteiger partial charge in [0.25, 0.3) is 0 Å². The van der Waals surface area contributed by atoms with Gasteiger partial charge in [-0.2, -0.15) is 5.10 Å². The number of aromatic amines is 1. The Labute approximate surface area is 79.6 Å². The molecule has 0 spiro atoms. The van der Waals surface area contributed by atoms with E-state index in [1.54, 1.807) is 12.4 Å². The van der Waals surface area contributed by atoms with E-state index in [1.165, 1.54) is 0 Å². The number of amides is 1. The molecule has 0 radical (unpaired) electrons. The molecule has 0 fully saturated rings. The molecule has 1 heterocycles. The highest BCUT2D eigenvalue weighted by molar-refractivity contribution is 5.93. The van der Waals surface area contributed by atoms with Crippen LogP contribution in [0, 0.1) is 0 Å². The van der Waals surface area contributed by atoms with Crippen LogP contribution in [0.4, 0.5) is 0 Å². The van der Waals surface area contributed by atoms with Crippen LogP contribution >= 0.6 is 0 Å². The van der Waals surface area contributed by atoms with Crippen molar-refractivity contribution >= 4 is 11.9 Å². The van der Waals surface area contributed by atoms with E-state index in [4.69, 9.17) is 5.11 Å². The van der Waals surface area contributed by atoms with Gasteiger partial charge in [-0.15, -0.1) is 0 Å². The van der Waals surface area contributed by atoms with E-state index in [-0.39, 0.29) is 0 Å². The first-order chi connectivity index (χ1) is 6.68. The van der Waals surface area contributed by atoms with E-state index in [0.717, 1.165) is 17.7 Å². The maximum atomic E-state index is 11.0. The lowest BCUT2D eigenvalue weighted by molar-refractivity contribution is -0.131. The molecule has 6 nitrogen and oxygen atoms in total. The normalized spacial score (nSPS) is 10.3. The van der Waals surface area contributed by atoms with Crippen LogP contribution in [0.2, 0.25) is 0 Å². The monoisotopic (exact) mass is 195 g/mol. The Hall–Kier alpha value is -2.11. The zero-order valence-corrected chi connectivity index (χ0v) is 7.23. The molecule has 0 aliphatic rings. The fourth-order valence-corrected chi connectivity index (χ4v) is 0.769. The molecule has 0 saturated heterocycles. The number of H-pyrrole nitrogens is 1. The average Bonchev–Trinajstić information content (AvgIpc) is 2.63. The van der Waals surface area contributed by atoms with Gasteiger partial charge in [0.2, 0.25) is 5.91 Å². The Kier molecular flexibility index (Phi) is 3.42. The van der Waals surface area contributed by atoms with E-state index < -0.39 is 11.9 Å². The van der Waals surface area contributed by atoms with E-state index in [2.05, 4.69) is 15.5 Å². The van der Waals surface area contributed by atoms with Crippen LogP contribution in [0.5, 0.6) is 0 Å². The van der Waals surface area contributed by atoms with Crippen LogP contribution in [-0.2, 0) is 16.1 Å². The van der Waals surface area contributed by atoms with E-state index in [0.29, 0.717) is 6.54 Å². The number of hydrogen-bond acceptors (Lipinski definition) is 3. The molecule has 1 aromatic rings. The number of nitrogens with one attached hydrogen (secondary N) is 2. The maximum Gasteiger partial charge on any atom is 0.328 e. The second-order valence-electron chi connectivity index (χ2n) is 2.50. The second kappa shape index (κ2) is 4.80. The van der Waals surface area contributed by atoms with E-state index >= 15 is 0 Å². The summed E-state index contributed by atoms with van der Waals surface area (Å²) in [5.74, 6) is -1.60. The SMILES string of the molecule is O=C(O)/C=C/C(=O)NCc1cn[nH]c1. The third-order valence-corrected chi connectivity index (χ3v) is 1.40. The summed E-state index contributed by atoms with van der Waals surface area (Å²) in [6.07, 6.45) is 4.95. The predicted octanol–water partition coefficient (Wildman–Crippen LogP) is -0.333. The first-order valence-electron chi connectivity index (χ1n) is 3.85. The number of carbonyl (C=O) groups excluding carboxylic acids is 1. The molecule has 3 N–H and O–H groups in total. The number of rotatable bonds is 4. The summed E-state index contributed by atoms with van der Waals surface area (Å²) in [5, 5.41) is 17.0. The summed E-state index contributed by atoms with van der Waals surface area (Å²) in [7, 11) is 0. The van der Waals surface area contributed by atoms with Crippen molar-refractivity contribution in [3.05, 3.63) is 30.1 Å². The summed E-state index contributed by atoms with van der Waals surface area (Å²) >= 11 is 0. The molecule has 0 saturated carbocycles.